The molecule has 0 unspecified atom stereocenters. The lowest BCUT2D eigenvalue weighted by atomic mass is 9.91. The van der Waals surface area contributed by atoms with Crippen LogP contribution in [0.2, 0.25) is 0 Å². The Hall–Kier alpha value is -8.12. The second-order valence-electron chi connectivity index (χ2n) is 15.8. The number of hydrogen-bond donors (Lipinski definition) is 0. The molecule has 0 spiro atoms. The summed E-state index contributed by atoms with van der Waals surface area (Å²) in [5.41, 5.74) is 12.8. The van der Waals surface area contributed by atoms with Crippen molar-refractivity contribution < 1.29 is 0 Å². The van der Waals surface area contributed by atoms with Crippen LogP contribution in [0.4, 0.5) is 0 Å². The predicted octanol–water partition coefficient (Wildman–Crippen LogP) is 15.6. The SMILES string of the molecule is c1ccc(-c2nc(-c3ccc(-c4cccc(-c5cccc6c(-c7ccccc7)nc7ccccc7c56)c4)cc3)nc(-c3ccc(-c4cccc5c4sc4ccccc45)cc3)n2)cc1. The van der Waals surface area contributed by atoms with Gasteiger partial charge in [-0.3, -0.25) is 0 Å². The van der Waals surface area contributed by atoms with Crippen molar-refractivity contribution in [1.29, 1.82) is 0 Å². The molecule has 0 radical (unpaired) electrons. The van der Waals surface area contributed by atoms with Gasteiger partial charge in [0.2, 0.25) is 0 Å². The number of hydrogen-bond acceptors (Lipinski definition) is 5. The zero-order chi connectivity index (χ0) is 41.7. The highest BCUT2D eigenvalue weighted by Crippen LogP contribution is 2.42. The number of pyridine rings is 1. The lowest BCUT2D eigenvalue weighted by Gasteiger charge is -2.15. The fourth-order valence-electron chi connectivity index (χ4n) is 8.86. The Morgan fingerprint density at radius 1 is 0.286 bits per heavy atom. The van der Waals surface area contributed by atoms with E-state index in [-0.39, 0.29) is 0 Å². The molecule has 294 valence electrons. The van der Waals surface area contributed by atoms with Crippen molar-refractivity contribution in [2.24, 2.45) is 0 Å². The number of para-hydroxylation sites is 1. The maximum absolute atomic E-state index is 5.17. The van der Waals surface area contributed by atoms with Crippen molar-refractivity contribution in [2.45, 2.75) is 0 Å². The minimum Gasteiger partial charge on any atom is -0.247 e. The largest absolute Gasteiger partial charge is 0.247 e. The second-order valence-corrected chi connectivity index (χ2v) is 16.8. The summed E-state index contributed by atoms with van der Waals surface area (Å²) in [5.74, 6) is 1.90. The van der Waals surface area contributed by atoms with Gasteiger partial charge in [-0.2, -0.15) is 0 Å². The van der Waals surface area contributed by atoms with E-state index in [0.717, 1.165) is 66.5 Å². The van der Waals surface area contributed by atoms with Crippen LogP contribution < -0.4 is 0 Å². The molecule has 0 aliphatic heterocycles. The van der Waals surface area contributed by atoms with Crippen LogP contribution in [0.15, 0.2) is 218 Å². The highest BCUT2D eigenvalue weighted by Gasteiger charge is 2.17. The molecule has 0 saturated heterocycles. The van der Waals surface area contributed by atoms with Gasteiger partial charge in [0, 0.05) is 58.6 Å². The Labute approximate surface area is 368 Å². The number of benzene rings is 9. The Balaban J connectivity index is 0.904. The summed E-state index contributed by atoms with van der Waals surface area (Å²) >= 11 is 1.85. The molecular formula is C58H36N4S. The lowest BCUT2D eigenvalue weighted by molar-refractivity contribution is 1.07. The summed E-state index contributed by atoms with van der Waals surface area (Å²) in [6, 6.07) is 76.9. The zero-order valence-electron chi connectivity index (χ0n) is 34.0. The van der Waals surface area contributed by atoms with Crippen LogP contribution in [0, 0.1) is 0 Å². The molecule has 3 aromatic heterocycles. The van der Waals surface area contributed by atoms with Crippen LogP contribution in [-0.4, -0.2) is 19.9 Å². The molecule has 12 aromatic rings. The maximum Gasteiger partial charge on any atom is 0.164 e. The summed E-state index contributed by atoms with van der Waals surface area (Å²) < 4.78 is 2.60. The van der Waals surface area contributed by atoms with Gasteiger partial charge in [0.15, 0.2) is 17.5 Å². The van der Waals surface area contributed by atoms with Crippen molar-refractivity contribution in [1.82, 2.24) is 19.9 Å². The van der Waals surface area contributed by atoms with Crippen molar-refractivity contribution in [3.8, 4) is 78.8 Å². The molecule has 0 fully saturated rings. The number of thiophene rings is 1. The summed E-state index contributed by atoms with van der Waals surface area (Å²) in [5, 5.41) is 6.08. The van der Waals surface area contributed by atoms with Gasteiger partial charge >= 0.3 is 0 Å². The van der Waals surface area contributed by atoms with Crippen LogP contribution in [0.5, 0.6) is 0 Å². The fourth-order valence-corrected chi connectivity index (χ4v) is 10.1. The van der Waals surface area contributed by atoms with Crippen LogP contribution in [0.25, 0.3) is 121 Å². The molecule has 0 bridgehead atoms. The first-order valence-electron chi connectivity index (χ1n) is 21.1. The van der Waals surface area contributed by atoms with E-state index in [0.29, 0.717) is 17.5 Å². The van der Waals surface area contributed by atoms with Gasteiger partial charge in [0.05, 0.1) is 11.2 Å². The average molecular weight is 821 g/mol. The Morgan fingerprint density at radius 2 is 0.778 bits per heavy atom. The van der Waals surface area contributed by atoms with Gasteiger partial charge in [0.25, 0.3) is 0 Å². The van der Waals surface area contributed by atoms with E-state index in [9.17, 15) is 0 Å². The van der Waals surface area contributed by atoms with Crippen LogP contribution >= 0.6 is 11.3 Å². The Morgan fingerprint density at radius 3 is 1.49 bits per heavy atom. The minimum atomic E-state index is 0.628. The number of nitrogens with zero attached hydrogens (tertiary/aromatic N) is 4. The first-order chi connectivity index (χ1) is 31.2. The van der Waals surface area contributed by atoms with Gasteiger partial charge in [-0.05, 0) is 51.6 Å². The quantitative estimate of drug-likeness (QED) is 0.150. The maximum atomic E-state index is 5.17. The third-order valence-corrected chi connectivity index (χ3v) is 13.2. The van der Waals surface area contributed by atoms with Gasteiger partial charge < -0.3 is 0 Å². The standard InChI is InChI=1S/C58H36N4S/c1-3-14-39(15-4-1)54-50-25-12-22-45(53(50)49-21-7-9-26-51(49)59-54)44-19-11-18-43(36-44)37-28-32-41(33-29-37)57-60-56(40-16-5-2-6-17-40)61-58(62-57)42-34-30-38(31-35-42)46-23-13-24-48-47-20-8-10-27-52(47)63-55(46)48/h1-36H. The van der Waals surface area contributed by atoms with Crippen molar-refractivity contribution >= 4 is 53.2 Å². The highest BCUT2D eigenvalue weighted by atomic mass is 32.1. The Bertz CT molecular complexity index is 3660. The van der Waals surface area contributed by atoms with Crippen molar-refractivity contribution in [3.63, 3.8) is 0 Å². The van der Waals surface area contributed by atoms with E-state index in [2.05, 4.69) is 182 Å². The molecule has 9 aromatic carbocycles. The first kappa shape index (κ1) is 36.7. The minimum absolute atomic E-state index is 0.628. The molecule has 12 rings (SSSR count). The molecule has 5 heteroatoms. The van der Waals surface area contributed by atoms with Crippen LogP contribution in [-0.2, 0) is 0 Å². The molecule has 0 amide bonds. The van der Waals surface area contributed by atoms with Gasteiger partial charge in [-0.1, -0.05) is 200 Å². The highest BCUT2D eigenvalue weighted by molar-refractivity contribution is 7.26. The summed E-state index contributed by atoms with van der Waals surface area (Å²) in [6.07, 6.45) is 0. The summed E-state index contributed by atoms with van der Waals surface area (Å²) in [6.45, 7) is 0. The molecule has 0 aliphatic rings. The van der Waals surface area contributed by atoms with E-state index >= 15 is 0 Å². The molecule has 3 heterocycles. The summed E-state index contributed by atoms with van der Waals surface area (Å²) in [7, 11) is 0. The smallest absolute Gasteiger partial charge is 0.164 e. The predicted molar refractivity (Wildman–Crippen MR) is 264 cm³/mol. The molecule has 4 nitrogen and oxygen atoms in total. The van der Waals surface area contributed by atoms with Crippen molar-refractivity contribution in [2.75, 3.05) is 0 Å². The fraction of sp³-hybridized carbons (Fsp3) is 0. The van der Waals surface area contributed by atoms with Crippen LogP contribution in [0.3, 0.4) is 0 Å². The topological polar surface area (TPSA) is 51.6 Å². The van der Waals surface area contributed by atoms with E-state index in [1.807, 2.05) is 47.7 Å². The number of rotatable bonds is 7. The number of fused-ring (bicyclic) bond motifs is 6. The molecule has 0 saturated carbocycles. The molecule has 63 heavy (non-hydrogen) atoms. The van der Waals surface area contributed by atoms with E-state index in [1.165, 1.54) is 36.7 Å². The normalized spacial score (nSPS) is 11.5. The third-order valence-electron chi connectivity index (χ3n) is 11.9. The van der Waals surface area contributed by atoms with E-state index in [4.69, 9.17) is 19.9 Å². The average Bonchev–Trinajstić information content (AvgIpc) is 3.76. The summed E-state index contributed by atoms with van der Waals surface area (Å²) in [4.78, 5) is 20.3. The number of aromatic nitrogens is 4. The molecular weight excluding hydrogens is 785 g/mol. The monoisotopic (exact) mass is 820 g/mol. The van der Waals surface area contributed by atoms with E-state index < -0.39 is 0 Å². The second kappa shape index (κ2) is 15.4. The first-order valence-corrected chi connectivity index (χ1v) is 21.9. The Kier molecular flexibility index (Phi) is 8.98. The third kappa shape index (κ3) is 6.63. The van der Waals surface area contributed by atoms with Gasteiger partial charge in [-0.15, -0.1) is 11.3 Å². The van der Waals surface area contributed by atoms with Gasteiger partial charge in [0.1, 0.15) is 0 Å². The van der Waals surface area contributed by atoms with Gasteiger partial charge in [-0.25, -0.2) is 19.9 Å². The molecule has 0 aliphatic carbocycles. The molecule has 0 atom stereocenters. The van der Waals surface area contributed by atoms with Crippen LogP contribution in [0.1, 0.15) is 0 Å². The van der Waals surface area contributed by atoms with Crippen molar-refractivity contribution in [3.05, 3.63) is 218 Å². The lowest BCUT2D eigenvalue weighted by Crippen LogP contribution is -2.00. The van der Waals surface area contributed by atoms with E-state index in [1.54, 1.807) is 0 Å². The zero-order valence-corrected chi connectivity index (χ0v) is 34.8. The molecule has 0 N–H and O–H groups in total.